The maximum absolute atomic E-state index is 13.0. The van der Waals surface area contributed by atoms with Gasteiger partial charge in [0.1, 0.15) is 0 Å². The first kappa shape index (κ1) is 31.9. The fraction of sp³-hybridized carbons (Fsp3) is 0.571. The minimum absolute atomic E-state index is 0.0789. The van der Waals surface area contributed by atoms with Crippen LogP contribution >= 0.6 is 0 Å². The van der Waals surface area contributed by atoms with Crippen LogP contribution in [0, 0.1) is 0 Å². The van der Waals surface area contributed by atoms with Gasteiger partial charge in [0.05, 0.1) is 13.2 Å². The molecule has 1 fully saturated rings. The third-order valence-electron chi connectivity index (χ3n) is 8.52. The number of hydrogen-bond acceptors (Lipinski definition) is 3. The van der Waals surface area contributed by atoms with Gasteiger partial charge in [-0.2, -0.15) is 0 Å². The molecule has 2 heterocycles. The monoisotopic (exact) mass is 547 g/mol. The van der Waals surface area contributed by atoms with Gasteiger partial charge in [0.25, 0.3) is 0 Å². The normalized spacial score (nSPS) is 15.9. The van der Waals surface area contributed by atoms with Crippen molar-refractivity contribution in [1.29, 1.82) is 0 Å². The number of carbonyl (C=O) groups is 1. The number of likely N-dealkylation sites (tertiary alicyclic amines) is 1. The molecule has 2 aromatic rings. The Balaban J connectivity index is 1.89. The van der Waals surface area contributed by atoms with E-state index in [-0.39, 0.29) is 18.6 Å². The number of hydrogen-bond donors (Lipinski definition) is 2. The Morgan fingerprint density at radius 3 is 2.33 bits per heavy atom. The van der Waals surface area contributed by atoms with Crippen LogP contribution in [0.15, 0.2) is 47.1 Å². The predicted octanol–water partition coefficient (Wildman–Crippen LogP) is 7.80. The van der Waals surface area contributed by atoms with Gasteiger partial charge in [-0.1, -0.05) is 55.7 Å². The lowest BCUT2D eigenvalue weighted by Crippen LogP contribution is -2.46. The Morgan fingerprint density at radius 2 is 1.77 bits per heavy atom. The van der Waals surface area contributed by atoms with Crippen molar-refractivity contribution in [1.82, 2.24) is 14.8 Å². The molecule has 1 aromatic heterocycles. The van der Waals surface area contributed by atoms with E-state index in [1.165, 1.54) is 50.0 Å². The van der Waals surface area contributed by atoms with E-state index in [1.807, 2.05) is 4.90 Å². The molecule has 0 aliphatic carbocycles. The van der Waals surface area contributed by atoms with Crippen LogP contribution in [0.25, 0.3) is 16.5 Å². The van der Waals surface area contributed by atoms with Crippen LogP contribution in [0.3, 0.4) is 0 Å². The van der Waals surface area contributed by atoms with Crippen LogP contribution in [0.1, 0.15) is 110 Å². The molecule has 0 spiro atoms. The van der Waals surface area contributed by atoms with E-state index in [0.29, 0.717) is 24.9 Å². The molecule has 40 heavy (non-hydrogen) atoms. The standard InChI is InChI=1S/C35H53N3O2/c1-10-26(8)27(9)20-30(19-23(2)3)35-34(24(4)5)31-21-29(11-12-32(31)36-35)28-13-15-37(16-14-28)33(40)22-38(17-18-39)25(6)7/h11-12,19-21,24-25,28,36,39H,10,13-18,22H2,1-9H3/b27-26?,30-20+. The number of nitrogens with zero attached hydrogens (tertiary/aromatic N) is 2. The van der Waals surface area contributed by atoms with Crippen LogP contribution in [0.4, 0.5) is 0 Å². The molecule has 0 atom stereocenters. The topological polar surface area (TPSA) is 59.6 Å². The number of piperidine rings is 1. The Bertz CT molecular complexity index is 1250. The van der Waals surface area contributed by atoms with Crippen LogP contribution in [0.2, 0.25) is 0 Å². The Labute approximate surface area is 243 Å². The summed E-state index contributed by atoms with van der Waals surface area (Å²) < 4.78 is 0. The van der Waals surface area contributed by atoms with Gasteiger partial charge in [-0.15, -0.1) is 0 Å². The molecule has 0 radical (unpaired) electrons. The number of carbonyl (C=O) groups excluding carboxylic acids is 1. The number of benzene rings is 1. The first-order chi connectivity index (χ1) is 19.0. The van der Waals surface area contributed by atoms with E-state index in [2.05, 4.69) is 103 Å². The molecule has 1 aromatic carbocycles. The lowest BCUT2D eigenvalue weighted by atomic mass is 9.87. The van der Waals surface area contributed by atoms with Crippen molar-refractivity contribution in [3.05, 3.63) is 63.9 Å². The number of aliphatic hydroxyl groups excluding tert-OH is 1. The summed E-state index contributed by atoms with van der Waals surface area (Å²) in [5.74, 6) is 1.01. The molecule has 5 nitrogen and oxygen atoms in total. The zero-order valence-corrected chi connectivity index (χ0v) is 26.5. The van der Waals surface area contributed by atoms with Crippen molar-refractivity contribution in [2.75, 3.05) is 32.8 Å². The summed E-state index contributed by atoms with van der Waals surface area (Å²) in [5.41, 5.74) is 10.5. The summed E-state index contributed by atoms with van der Waals surface area (Å²) >= 11 is 0. The van der Waals surface area contributed by atoms with Gasteiger partial charge in [0.2, 0.25) is 5.91 Å². The van der Waals surface area contributed by atoms with Crippen LogP contribution < -0.4 is 0 Å². The van der Waals surface area contributed by atoms with Crippen molar-refractivity contribution in [2.45, 2.75) is 99.5 Å². The second-order valence-corrected chi connectivity index (χ2v) is 12.5. The zero-order valence-electron chi connectivity index (χ0n) is 26.5. The second-order valence-electron chi connectivity index (χ2n) is 12.5. The van der Waals surface area contributed by atoms with Crippen molar-refractivity contribution in [3.63, 3.8) is 0 Å². The highest BCUT2D eigenvalue weighted by Crippen LogP contribution is 2.38. The number of rotatable bonds is 11. The molecule has 2 N–H and O–H groups in total. The lowest BCUT2D eigenvalue weighted by molar-refractivity contribution is -0.134. The first-order valence-corrected chi connectivity index (χ1v) is 15.3. The van der Waals surface area contributed by atoms with Crippen LogP contribution in [-0.4, -0.2) is 64.6 Å². The van der Waals surface area contributed by atoms with Crippen LogP contribution in [0.5, 0.6) is 0 Å². The molecule has 1 saturated heterocycles. The molecule has 1 aliphatic heterocycles. The van der Waals surface area contributed by atoms with E-state index in [1.54, 1.807) is 0 Å². The third kappa shape index (κ3) is 7.76. The van der Waals surface area contributed by atoms with E-state index in [9.17, 15) is 9.90 Å². The van der Waals surface area contributed by atoms with Gasteiger partial charge in [-0.25, -0.2) is 0 Å². The van der Waals surface area contributed by atoms with Gasteiger partial charge >= 0.3 is 0 Å². The van der Waals surface area contributed by atoms with Crippen LogP contribution in [-0.2, 0) is 4.79 Å². The number of allylic oxidation sites excluding steroid dienone is 6. The molecule has 1 aliphatic rings. The largest absolute Gasteiger partial charge is 0.395 e. The number of fused-ring (bicyclic) bond motifs is 1. The highest BCUT2D eigenvalue weighted by atomic mass is 16.3. The zero-order chi connectivity index (χ0) is 29.6. The molecule has 0 saturated carbocycles. The molecular weight excluding hydrogens is 494 g/mol. The first-order valence-electron chi connectivity index (χ1n) is 15.3. The third-order valence-corrected chi connectivity index (χ3v) is 8.52. The smallest absolute Gasteiger partial charge is 0.236 e. The quantitative estimate of drug-likeness (QED) is 0.282. The maximum atomic E-state index is 13.0. The molecule has 5 heteroatoms. The minimum atomic E-state index is 0.0789. The van der Waals surface area contributed by atoms with Gasteiger partial charge in [-0.05, 0) is 101 Å². The summed E-state index contributed by atoms with van der Waals surface area (Å²) in [5, 5.41) is 10.7. The number of H-pyrrole nitrogens is 1. The molecule has 3 rings (SSSR count). The number of aliphatic hydroxyl groups is 1. The summed E-state index contributed by atoms with van der Waals surface area (Å²) in [7, 11) is 0. The fourth-order valence-electron chi connectivity index (χ4n) is 5.83. The predicted molar refractivity (Wildman–Crippen MR) is 171 cm³/mol. The van der Waals surface area contributed by atoms with Gasteiger partial charge in [-0.3, -0.25) is 9.69 Å². The molecule has 1 amide bonds. The average Bonchev–Trinajstić information content (AvgIpc) is 3.30. The lowest BCUT2D eigenvalue weighted by Gasteiger charge is -2.34. The number of amides is 1. The van der Waals surface area contributed by atoms with E-state index in [0.717, 1.165) is 32.4 Å². The van der Waals surface area contributed by atoms with Crippen molar-refractivity contribution < 1.29 is 9.90 Å². The molecule has 0 bridgehead atoms. The van der Waals surface area contributed by atoms with Crippen molar-refractivity contribution in [2.24, 2.45) is 0 Å². The second kappa shape index (κ2) is 14.3. The Morgan fingerprint density at radius 1 is 1.10 bits per heavy atom. The number of nitrogens with one attached hydrogen (secondary N) is 1. The highest BCUT2D eigenvalue weighted by molar-refractivity contribution is 5.92. The van der Waals surface area contributed by atoms with E-state index < -0.39 is 0 Å². The number of aromatic nitrogens is 1. The Kier molecular flexibility index (Phi) is 11.4. The summed E-state index contributed by atoms with van der Waals surface area (Å²) in [6, 6.07) is 7.19. The van der Waals surface area contributed by atoms with Crippen molar-refractivity contribution in [3.8, 4) is 0 Å². The van der Waals surface area contributed by atoms with E-state index >= 15 is 0 Å². The van der Waals surface area contributed by atoms with Gasteiger partial charge < -0.3 is 15.0 Å². The molecular formula is C35H53N3O2. The summed E-state index contributed by atoms with van der Waals surface area (Å²) in [6.07, 6.45) is 7.67. The minimum Gasteiger partial charge on any atom is -0.395 e. The Hall–Kier alpha value is -2.63. The molecule has 0 unspecified atom stereocenters. The van der Waals surface area contributed by atoms with E-state index in [4.69, 9.17) is 0 Å². The maximum Gasteiger partial charge on any atom is 0.236 e. The average molecular weight is 548 g/mol. The summed E-state index contributed by atoms with van der Waals surface area (Å²) in [4.78, 5) is 20.9. The number of aromatic amines is 1. The highest BCUT2D eigenvalue weighted by Gasteiger charge is 2.26. The SMILES string of the molecule is CCC(C)=C(C)/C=C(\C=C(C)C)c1[nH]c2ccc(C3CCN(C(=O)CN(CCO)C(C)C)CC3)cc2c1C(C)C. The molecule has 220 valence electrons. The van der Waals surface area contributed by atoms with Gasteiger partial charge in [0.15, 0.2) is 0 Å². The fourth-order valence-corrected chi connectivity index (χ4v) is 5.83. The van der Waals surface area contributed by atoms with Gasteiger partial charge in [0, 0.05) is 42.3 Å². The summed E-state index contributed by atoms with van der Waals surface area (Å²) in [6.45, 7) is 22.3. The van der Waals surface area contributed by atoms with Crippen molar-refractivity contribution >= 4 is 22.4 Å².